The van der Waals surface area contributed by atoms with Crippen LogP contribution in [0.4, 0.5) is 4.39 Å². The van der Waals surface area contributed by atoms with Gasteiger partial charge in [0.1, 0.15) is 0 Å². The number of halogens is 2. The van der Waals surface area contributed by atoms with Crippen molar-refractivity contribution in [1.82, 2.24) is 0 Å². The molecule has 0 aromatic carbocycles. The first-order valence-electron chi connectivity index (χ1n) is 1.97. The van der Waals surface area contributed by atoms with Crippen LogP contribution in [0.15, 0.2) is 0 Å². The lowest BCUT2D eigenvalue weighted by atomic mass is 10.3. The first-order valence-corrected chi connectivity index (χ1v) is 3.09. The Morgan fingerprint density at radius 2 is 2.33 bits per heavy atom. The highest BCUT2D eigenvalue weighted by Crippen LogP contribution is 1.97. The topological polar surface area (TPSA) is 0 Å². The van der Waals surface area contributed by atoms with E-state index in [1.54, 1.807) is 6.92 Å². The van der Waals surface area contributed by atoms with E-state index in [9.17, 15) is 4.39 Å². The molecule has 38 valence electrons. The van der Waals surface area contributed by atoms with E-state index < -0.39 is 6.17 Å². The second-order valence-corrected chi connectivity index (χ2v) is 2.05. The fraction of sp³-hybridized carbons (Fsp3) is 1.00. The van der Waals surface area contributed by atoms with Crippen molar-refractivity contribution in [2.75, 3.05) is 5.33 Å². The molecule has 0 rings (SSSR count). The first-order chi connectivity index (χ1) is 2.77. The number of alkyl halides is 2. The molecule has 0 aliphatic rings. The van der Waals surface area contributed by atoms with Gasteiger partial charge in [0, 0.05) is 5.33 Å². The highest BCUT2D eigenvalue weighted by atomic mass is 79.9. The van der Waals surface area contributed by atoms with E-state index in [1.807, 2.05) is 0 Å². The Morgan fingerprint density at radius 3 is 2.33 bits per heavy atom. The molecule has 6 heavy (non-hydrogen) atoms. The molecule has 1 atom stereocenters. The SMILES string of the molecule is C[C@H](F)CCBr. The maximum absolute atomic E-state index is 11.7. The second kappa shape index (κ2) is 3.59. The normalized spacial score (nSPS) is 14.5. The quantitative estimate of drug-likeness (QED) is 0.535. The summed E-state index contributed by atoms with van der Waals surface area (Å²) in [7, 11) is 0. The largest absolute Gasteiger partial charge is 0.248 e. The van der Waals surface area contributed by atoms with Gasteiger partial charge in [0.05, 0.1) is 6.17 Å². The molecule has 0 amide bonds. The fourth-order valence-electron chi connectivity index (χ4n) is 0.150. The summed E-state index contributed by atoms with van der Waals surface area (Å²) in [4.78, 5) is 0. The Hall–Kier alpha value is 0.410. The van der Waals surface area contributed by atoms with Crippen LogP contribution in [0.25, 0.3) is 0 Å². The van der Waals surface area contributed by atoms with Crippen LogP contribution in [0.3, 0.4) is 0 Å². The lowest BCUT2D eigenvalue weighted by molar-refractivity contribution is 0.355. The molecular weight excluding hydrogens is 147 g/mol. The van der Waals surface area contributed by atoms with Crippen molar-refractivity contribution in [1.29, 1.82) is 0 Å². The molecule has 0 heterocycles. The smallest absolute Gasteiger partial charge is 0.0981 e. The van der Waals surface area contributed by atoms with E-state index >= 15 is 0 Å². The van der Waals surface area contributed by atoms with Crippen LogP contribution < -0.4 is 0 Å². The third-order valence-electron chi connectivity index (χ3n) is 0.507. The van der Waals surface area contributed by atoms with Crippen molar-refractivity contribution >= 4 is 15.9 Å². The molecule has 0 unspecified atom stereocenters. The van der Waals surface area contributed by atoms with Crippen LogP contribution >= 0.6 is 15.9 Å². The molecule has 0 saturated heterocycles. The Bertz CT molecular complexity index is 28.7. The molecule has 0 radical (unpaired) electrons. The van der Waals surface area contributed by atoms with Gasteiger partial charge in [0.2, 0.25) is 0 Å². The number of hydrogen-bond donors (Lipinski definition) is 0. The van der Waals surface area contributed by atoms with Gasteiger partial charge in [-0.2, -0.15) is 0 Å². The molecule has 0 aromatic rings. The average molecular weight is 155 g/mol. The Balaban J connectivity index is 2.63. The van der Waals surface area contributed by atoms with Gasteiger partial charge in [-0.05, 0) is 13.3 Å². The Kier molecular flexibility index (Phi) is 3.84. The Morgan fingerprint density at radius 1 is 1.83 bits per heavy atom. The zero-order valence-electron chi connectivity index (χ0n) is 3.75. The van der Waals surface area contributed by atoms with Crippen molar-refractivity contribution < 1.29 is 4.39 Å². The summed E-state index contributed by atoms with van der Waals surface area (Å²) in [6.07, 6.45) is -0.0237. The molecule has 0 saturated carbocycles. The maximum atomic E-state index is 11.7. The van der Waals surface area contributed by atoms with Gasteiger partial charge in [-0.1, -0.05) is 15.9 Å². The monoisotopic (exact) mass is 154 g/mol. The lowest BCUT2D eigenvalue weighted by Gasteiger charge is -1.90. The fourth-order valence-corrected chi connectivity index (χ4v) is 0.781. The zero-order valence-corrected chi connectivity index (χ0v) is 5.33. The molecule has 0 bridgehead atoms. The second-order valence-electron chi connectivity index (χ2n) is 1.26. The minimum atomic E-state index is -0.649. The Labute approximate surface area is 45.9 Å². The highest BCUT2D eigenvalue weighted by molar-refractivity contribution is 9.09. The van der Waals surface area contributed by atoms with Crippen LogP contribution in [0.1, 0.15) is 13.3 Å². The van der Waals surface area contributed by atoms with E-state index in [0.717, 1.165) is 5.33 Å². The zero-order chi connectivity index (χ0) is 4.99. The van der Waals surface area contributed by atoms with Crippen LogP contribution in [0, 0.1) is 0 Å². The predicted octanol–water partition coefficient (Wildman–Crippen LogP) is 2.13. The van der Waals surface area contributed by atoms with Crippen LogP contribution in [-0.2, 0) is 0 Å². The van der Waals surface area contributed by atoms with E-state index in [-0.39, 0.29) is 0 Å². The summed E-state index contributed by atoms with van der Waals surface area (Å²) < 4.78 is 11.7. The van der Waals surface area contributed by atoms with Gasteiger partial charge in [-0.25, -0.2) is 4.39 Å². The molecule has 0 aliphatic heterocycles. The molecule has 0 fully saturated rings. The minimum Gasteiger partial charge on any atom is -0.248 e. The van der Waals surface area contributed by atoms with E-state index in [2.05, 4.69) is 15.9 Å². The lowest BCUT2D eigenvalue weighted by Crippen LogP contribution is -1.90. The van der Waals surface area contributed by atoms with Gasteiger partial charge in [-0.15, -0.1) is 0 Å². The highest BCUT2D eigenvalue weighted by Gasteiger charge is 1.91. The summed E-state index contributed by atoms with van der Waals surface area (Å²) in [5.74, 6) is 0. The molecular formula is C4H8BrF. The summed E-state index contributed by atoms with van der Waals surface area (Å²) in [5, 5.41) is 0.769. The molecule has 0 N–H and O–H groups in total. The molecule has 0 aromatic heterocycles. The van der Waals surface area contributed by atoms with Crippen molar-refractivity contribution in [2.24, 2.45) is 0 Å². The average Bonchev–Trinajstić information content (AvgIpc) is 1.35. The summed E-state index contributed by atoms with van der Waals surface area (Å²) in [6, 6.07) is 0. The third-order valence-corrected chi connectivity index (χ3v) is 0.965. The third kappa shape index (κ3) is 4.41. The number of rotatable bonds is 2. The standard InChI is InChI=1S/C4H8BrF/c1-4(6)2-3-5/h4H,2-3H2,1H3/t4-/m0/s1. The van der Waals surface area contributed by atoms with Gasteiger partial charge >= 0.3 is 0 Å². The van der Waals surface area contributed by atoms with Crippen molar-refractivity contribution in [3.05, 3.63) is 0 Å². The minimum absolute atomic E-state index is 0.625. The summed E-state index contributed by atoms with van der Waals surface area (Å²) in [6.45, 7) is 1.56. The number of hydrogen-bond acceptors (Lipinski definition) is 0. The van der Waals surface area contributed by atoms with Crippen molar-refractivity contribution in [3.63, 3.8) is 0 Å². The molecule has 0 nitrogen and oxygen atoms in total. The van der Waals surface area contributed by atoms with Gasteiger partial charge in [0.25, 0.3) is 0 Å². The predicted molar refractivity (Wildman–Crippen MR) is 29.0 cm³/mol. The van der Waals surface area contributed by atoms with E-state index in [4.69, 9.17) is 0 Å². The van der Waals surface area contributed by atoms with Gasteiger partial charge in [-0.3, -0.25) is 0 Å². The van der Waals surface area contributed by atoms with E-state index in [1.165, 1.54) is 0 Å². The first kappa shape index (κ1) is 6.41. The van der Waals surface area contributed by atoms with Crippen molar-refractivity contribution in [2.45, 2.75) is 19.5 Å². The van der Waals surface area contributed by atoms with E-state index in [0.29, 0.717) is 6.42 Å². The van der Waals surface area contributed by atoms with Crippen LogP contribution in [-0.4, -0.2) is 11.5 Å². The summed E-state index contributed by atoms with van der Waals surface area (Å²) >= 11 is 3.11. The van der Waals surface area contributed by atoms with Gasteiger partial charge in [0.15, 0.2) is 0 Å². The van der Waals surface area contributed by atoms with Gasteiger partial charge < -0.3 is 0 Å². The maximum Gasteiger partial charge on any atom is 0.0981 e. The molecule has 2 heteroatoms. The molecule has 0 spiro atoms. The van der Waals surface area contributed by atoms with Crippen LogP contribution in [0.5, 0.6) is 0 Å². The summed E-state index contributed by atoms with van der Waals surface area (Å²) in [5.41, 5.74) is 0. The van der Waals surface area contributed by atoms with Crippen LogP contribution in [0.2, 0.25) is 0 Å². The van der Waals surface area contributed by atoms with Crippen molar-refractivity contribution in [3.8, 4) is 0 Å². The molecule has 0 aliphatic carbocycles.